The van der Waals surface area contributed by atoms with Crippen molar-refractivity contribution in [3.8, 4) is 5.69 Å². The molecule has 4 aromatic rings. The molecule has 1 heterocycles. The van der Waals surface area contributed by atoms with Crippen molar-refractivity contribution in [2.45, 2.75) is 50.9 Å². The summed E-state index contributed by atoms with van der Waals surface area (Å²) in [5, 5.41) is 0.958. The summed E-state index contributed by atoms with van der Waals surface area (Å²) in [7, 11) is 0. The van der Waals surface area contributed by atoms with Crippen LogP contribution in [0.25, 0.3) is 16.6 Å². The molecule has 0 atom stereocenters. The Labute approximate surface area is 192 Å². The van der Waals surface area contributed by atoms with E-state index in [4.69, 9.17) is 4.98 Å². The molecule has 32 heavy (non-hydrogen) atoms. The van der Waals surface area contributed by atoms with Gasteiger partial charge >= 0.3 is 0 Å². The summed E-state index contributed by atoms with van der Waals surface area (Å²) in [6.07, 6.45) is 0. The molecule has 0 spiro atoms. The zero-order chi connectivity index (χ0) is 23.0. The molecule has 0 aliphatic rings. The van der Waals surface area contributed by atoms with E-state index in [2.05, 4.69) is 46.8 Å². The Morgan fingerprint density at radius 3 is 2.25 bits per heavy atom. The zero-order valence-corrected chi connectivity index (χ0v) is 19.9. The van der Waals surface area contributed by atoms with Crippen molar-refractivity contribution >= 4 is 22.7 Å². The maximum absolute atomic E-state index is 14.7. The molecule has 0 aliphatic heterocycles. The number of thioether (sulfide) groups is 1. The van der Waals surface area contributed by atoms with Crippen LogP contribution in [-0.2, 0) is 11.2 Å². The van der Waals surface area contributed by atoms with Crippen LogP contribution in [0.5, 0.6) is 0 Å². The van der Waals surface area contributed by atoms with Gasteiger partial charge in [-0.05, 0) is 65.8 Å². The van der Waals surface area contributed by atoms with E-state index in [1.165, 1.54) is 44.6 Å². The second-order valence-corrected chi connectivity index (χ2v) is 10.1. The molecule has 0 N–H and O–H groups in total. The molecule has 0 amide bonds. The van der Waals surface area contributed by atoms with Gasteiger partial charge in [0.2, 0.25) is 0 Å². The van der Waals surface area contributed by atoms with Crippen LogP contribution in [-0.4, -0.2) is 9.55 Å². The summed E-state index contributed by atoms with van der Waals surface area (Å²) in [4.78, 5) is 18.1. The van der Waals surface area contributed by atoms with Gasteiger partial charge in [-0.15, -0.1) is 0 Å². The number of para-hydroxylation sites is 2. The second-order valence-electron chi connectivity index (χ2n) is 9.13. The van der Waals surface area contributed by atoms with Crippen molar-refractivity contribution in [3.63, 3.8) is 0 Å². The Morgan fingerprint density at radius 1 is 0.969 bits per heavy atom. The number of aryl methyl sites for hydroxylation is 2. The third kappa shape index (κ3) is 4.22. The van der Waals surface area contributed by atoms with Crippen molar-refractivity contribution in [1.82, 2.24) is 9.55 Å². The molecule has 0 radical (unpaired) electrons. The molecule has 0 saturated carbocycles. The lowest BCUT2D eigenvalue weighted by Gasteiger charge is -2.22. The lowest BCUT2D eigenvalue weighted by molar-refractivity contribution is 0.589. The number of fused-ring (bicyclic) bond motifs is 1. The molecule has 4 rings (SSSR count). The molecular formula is C27H27FN2OS. The lowest BCUT2D eigenvalue weighted by Crippen LogP contribution is -2.22. The number of hydrogen-bond acceptors (Lipinski definition) is 3. The van der Waals surface area contributed by atoms with Gasteiger partial charge < -0.3 is 0 Å². The van der Waals surface area contributed by atoms with E-state index >= 15 is 0 Å². The third-order valence-electron chi connectivity index (χ3n) is 5.75. The highest BCUT2D eigenvalue weighted by molar-refractivity contribution is 7.98. The number of rotatable bonds is 4. The summed E-state index contributed by atoms with van der Waals surface area (Å²) in [5.41, 5.74) is 5.58. The van der Waals surface area contributed by atoms with Crippen LogP contribution >= 0.6 is 11.8 Å². The first kappa shape index (κ1) is 22.3. The SMILES string of the molecule is Cc1cc(C(C)(C)C)cc(C)c1CSc1nc2ccccc2c(=O)n1-c1ccccc1F. The van der Waals surface area contributed by atoms with E-state index in [0.29, 0.717) is 21.8 Å². The van der Waals surface area contributed by atoms with E-state index in [9.17, 15) is 9.18 Å². The number of aromatic nitrogens is 2. The predicted molar refractivity (Wildman–Crippen MR) is 131 cm³/mol. The highest BCUT2D eigenvalue weighted by Gasteiger charge is 2.19. The van der Waals surface area contributed by atoms with Crippen LogP contribution in [0.1, 0.15) is 43.0 Å². The van der Waals surface area contributed by atoms with Crippen molar-refractivity contribution < 1.29 is 4.39 Å². The normalized spacial score (nSPS) is 11.8. The van der Waals surface area contributed by atoms with Crippen LogP contribution in [0.4, 0.5) is 4.39 Å². The molecular weight excluding hydrogens is 419 g/mol. The Hall–Kier alpha value is -2.92. The van der Waals surface area contributed by atoms with Gasteiger partial charge in [-0.3, -0.25) is 9.36 Å². The van der Waals surface area contributed by atoms with Crippen LogP contribution in [0.2, 0.25) is 0 Å². The fourth-order valence-electron chi connectivity index (χ4n) is 3.85. The minimum absolute atomic E-state index is 0.0758. The summed E-state index contributed by atoms with van der Waals surface area (Å²) >= 11 is 1.46. The summed E-state index contributed by atoms with van der Waals surface area (Å²) in [5.74, 6) is 0.192. The molecule has 0 bridgehead atoms. The number of nitrogens with zero attached hydrogens (tertiary/aromatic N) is 2. The summed E-state index contributed by atoms with van der Waals surface area (Å²) in [6.45, 7) is 10.9. The smallest absolute Gasteiger partial charge is 0.266 e. The number of benzene rings is 3. The van der Waals surface area contributed by atoms with Crippen molar-refractivity contribution in [3.05, 3.63) is 99.1 Å². The van der Waals surface area contributed by atoms with Gasteiger partial charge in [0, 0.05) is 5.75 Å². The molecule has 0 fully saturated rings. The molecule has 0 aliphatic carbocycles. The molecule has 0 unspecified atom stereocenters. The largest absolute Gasteiger partial charge is 0.268 e. The predicted octanol–water partition coefficient (Wildman–Crippen LogP) is 6.73. The quantitative estimate of drug-likeness (QED) is 0.257. The molecule has 1 aromatic heterocycles. The standard InChI is InChI=1S/C27H27FN2OS/c1-17-14-19(27(3,4)5)15-18(2)21(17)16-32-26-29-23-12-8-6-10-20(23)25(31)30(26)24-13-9-7-11-22(24)28/h6-15H,16H2,1-5H3. The van der Waals surface area contributed by atoms with Crippen LogP contribution in [0, 0.1) is 19.7 Å². The second kappa shape index (κ2) is 8.55. The molecule has 164 valence electrons. The van der Waals surface area contributed by atoms with Gasteiger partial charge in [0.1, 0.15) is 5.82 Å². The highest BCUT2D eigenvalue weighted by atomic mass is 32.2. The van der Waals surface area contributed by atoms with E-state index in [1.807, 2.05) is 12.1 Å². The number of halogens is 1. The zero-order valence-electron chi connectivity index (χ0n) is 19.1. The summed E-state index contributed by atoms with van der Waals surface area (Å²) in [6, 6.07) is 18.0. The first-order valence-electron chi connectivity index (χ1n) is 10.7. The monoisotopic (exact) mass is 446 g/mol. The van der Waals surface area contributed by atoms with Crippen molar-refractivity contribution in [1.29, 1.82) is 0 Å². The molecule has 3 nitrogen and oxygen atoms in total. The van der Waals surface area contributed by atoms with Gasteiger partial charge in [0.05, 0.1) is 16.6 Å². The fraction of sp³-hybridized carbons (Fsp3) is 0.259. The average molecular weight is 447 g/mol. The average Bonchev–Trinajstić information content (AvgIpc) is 2.73. The van der Waals surface area contributed by atoms with E-state index in [1.54, 1.807) is 30.3 Å². The Balaban J connectivity index is 1.81. The van der Waals surface area contributed by atoms with E-state index in [-0.39, 0.29) is 16.7 Å². The Kier molecular flexibility index (Phi) is 5.95. The van der Waals surface area contributed by atoms with Crippen molar-refractivity contribution in [2.24, 2.45) is 0 Å². The lowest BCUT2D eigenvalue weighted by atomic mass is 9.84. The summed E-state index contributed by atoms with van der Waals surface area (Å²) < 4.78 is 16.1. The molecule has 3 aromatic carbocycles. The van der Waals surface area contributed by atoms with E-state index in [0.717, 1.165) is 0 Å². The van der Waals surface area contributed by atoms with Crippen LogP contribution < -0.4 is 5.56 Å². The van der Waals surface area contributed by atoms with Crippen molar-refractivity contribution in [2.75, 3.05) is 0 Å². The first-order chi connectivity index (χ1) is 15.2. The third-order valence-corrected chi connectivity index (χ3v) is 6.71. The van der Waals surface area contributed by atoms with Gasteiger partial charge in [-0.25, -0.2) is 9.37 Å². The first-order valence-corrected chi connectivity index (χ1v) is 11.7. The van der Waals surface area contributed by atoms with Gasteiger partial charge in [0.15, 0.2) is 5.16 Å². The minimum atomic E-state index is -0.449. The topological polar surface area (TPSA) is 34.9 Å². The fourth-order valence-corrected chi connectivity index (χ4v) is 5.05. The van der Waals surface area contributed by atoms with Gasteiger partial charge in [-0.2, -0.15) is 0 Å². The minimum Gasteiger partial charge on any atom is -0.268 e. The van der Waals surface area contributed by atoms with Crippen LogP contribution in [0.15, 0.2) is 70.6 Å². The molecule has 0 saturated heterocycles. The van der Waals surface area contributed by atoms with E-state index < -0.39 is 5.82 Å². The molecule has 5 heteroatoms. The Morgan fingerprint density at radius 2 is 1.59 bits per heavy atom. The maximum Gasteiger partial charge on any atom is 0.266 e. The maximum atomic E-state index is 14.7. The van der Waals surface area contributed by atoms with Gasteiger partial charge in [-0.1, -0.05) is 68.9 Å². The highest BCUT2D eigenvalue weighted by Crippen LogP contribution is 2.31. The number of hydrogen-bond donors (Lipinski definition) is 0. The van der Waals surface area contributed by atoms with Crippen LogP contribution in [0.3, 0.4) is 0 Å². The Bertz CT molecular complexity index is 1350. The van der Waals surface area contributed by atoms with Gasteiger partial charge in [0.25, 0.3) is 5.56 Å².